The summed E-state index contributed by atoms with van der Waals surface area (Å²) in [7, 11) is -7.42. The molecule has 23 heavy (non-hydrogen) atoms. The minimum atomic E-state index is -3.89. The highest BCUT2D eigenvalue weighted by Crippen LogP contribution is 2.16. The van der Waals surface area contributed by atoms with Crippen LogP contribution in [-0.4, -0.2) is 59.7 Å². The maximum atomic E-state index is 13.0. The van der Waals surface area contributed by atoms with Gasteiger partial charge in [0.1, 0.15) is 5.82 Å². The molecule has 0 saturated carbocycles. The van der Waals surface area contributed by atoms with Crippen LogP contribution in [0.2, 0.25) is 0 Å². The lowest BCUT2D eigenvalue weighted by Gasteiger charge is -2.26. The van der Waals surface area contributed by atoms with Gasteiger partial charge in [0.15, 0.2) is 0 Å². The summed E-state index contributed by atoms with van der Waals surface area (Å²) in [5.74, 6) is -0.872. The molecule has 0 radical (unpaired) electrons. The second kappa shape index (κ2) is 7.22. The summed E-state index contributed by atoms with van der Waals surface area (Å²) in [4.78, 5) is -0.0670. The zero-order valence-electron chi connectivity index (χ0n) is 12.7. The van der Waals surface area contributed by atoms with Crippen molar-refractivity contribution in [2.75, 3.05) is 38.6 Å². The van der Waals surface area contributed by atoms with Crippen molar-refractivity contribution in [2.45, 2.75) is 11.8 Å². The highest BCUT2D eigenvalue weighted by Gasteiger charge is 2.25. The van der Waals surface area contributed by atoms with Gasteiger partial charge in [0.2, 0.25) is 20.0 Å². The van der Waals surface area contributed by atoms with Gasteiger partial charge in [-0.15, -0.1) is 0 Å². The van der Waals surface area contributed by atoms with Crippen LogP contribution in [0.1, 0.15) is 5.56 Å². The van der Waals surface area contributed by atoms with Crippen LogP contribution in [0, 0.1) is 12.7 Å². The Morgan fingerprint density at radius 3 is 2.48 bits per heavy atom. The molecule has 1 aromatic rings. The predicted molar refractivity (Wildman–Crippen MR) is 82.5 cm³/mol. The molecule has 0 atom stereocenters. The Labute approximate surface area is 135 Å². The first-order valence-electron chi connectivity index (χ1n) is 7.04. The standard InChI is InChI=1S/C13H19FN2O5S2/c1-11-10-12(14)2-3-13(11)23(19,20)15-4-9-22(17,18)16-5-7-21-8-6-16/h2-3,10,15H,4-9H2,1H3. The molecule has 1 heterocycles. The van der Waals surface area contributed by atoms with Crippen molar-refractivity contribution in [3.8, 4) is 0 Å². The number of halogens is 1. The van der Waals surface area contributed by atoms with Crippen LogP contribution in [0.4, 0.5) is 4.39 Å². The van der Waals surface area contributed by atoms with E-state index in [0.29, 0.717) is 13.2 Å². The van der Waals surface area contributed by atoms with Crippen molar-refractivity contribution in [2.24, 2.45) is 0 Å². The molecule has 0 aliphatic carbocycles. The van der Waals surface area contributed by atoms with E-state index in [1.165, 1.54) is 11.2 Å². The van der Waals surface area contributed by atoms with Crippen molar-refractivity contribution in [3.63, 3.8) is 0 Å². The fourth-order valence-corrected chi connectivity index (χ4v) is 4.96. The number of rotatable bonds is 6. The fraction of sp³-hybridized carbons (Fsp3) is 0.538. The van der Waals surface area contributed by atoms with Crippen molar-refractivity contribution in [1.82, 2.24) is 9.03 Å². The van der Waals surface area contributed by atoms with Crippen LogP contribution < -0.4 is 4.72 Å². The van der Waals surface area contributed by atoms with E-state index in [1.54, 1.807) is 0 Å². The Morgan fingerprint density at radius 2 is 1.87 bits per heavy atom. The van der Waals surface area contributed by atoms with Gasteiger partial charge in [-0.3, -0.25) is 0 Å². The largest absolute Gasteiger partial charge is 0.379 e. The van der Waals surface area contributed by atoms with Crippen molar-refractivity contribution >= 4 is 20.0 Å². The maximum Gasteiger partial charge on any atom is 0.240 e. The SMILES string of the molecule is Cc1cc(F)ccc1S(=O)(=O)NCCS(=O)(=O)N1CCOCC1. The second-order valence-corrected chi connectivity index (χ2v) is 8.96. The summed E-state index contributed by atoms with van der Waals surface area (Å²) in [5, 5.41) is 0. The van der Waals surface area contributed by atoms with E-state index in [4.69, 9.17) is 4.74 Å². The molecule has 1 saturated heterocycles. The molecule has 2 rings (SSSR count). The maximum absolute atomic E-state index is 13.0. The predicted octanol–water partition coefficient (Wildman–Crippen LogP) is 0.0744. The quantitative estimate of drug-likeness (QED) is 0.769. The van der Waals surface area contributed by atoms with Crippen LogP contribution in [0.3, 0.4) is 0 Å². The third-order valence-electron chi connectivity index (χ3n) is 3.44. The van der Waals surface area contributed by atoms with Crippen LogP contribution in [-0.2, 0) is 24.8 Å². The average molecular weight is 366 g/mol. The van der Waals surface area contributed by atoms with Crippen LogP contribution in [0.5, 0.6) is 0 Å². The van der Waals surface area contributed by atoms with Crippen molar-refractivity contribution in [1.29, 1.82) is 0 Å². The van der Waals surface area contributed by atoms with Gasteiger partial charge in [0, 0.05) is 19.6 Å². The Bertz CT molecular complexity index is 759. The van der Waals surface area contributed by atoms with E-state index in [2.05, 4.69) is 4.72 Å². The van der Waals surface area contributed by atoms with Gasteiger partial charge < -0.3 is 4.74 Å². The summed E-state index contributed by atoms with van der Waals surface area (Å²) < 4.78 is 70.2. The third kappa shape index (κ3) is 4.70. The Balaban J connectivity index is 1.99. The summed E-state index contributed by atoms with van der Waals surface area (Å²) in [6.07, 6.45) is 0. The monoisotopic (exact) mass is 366 g/mol. The summed E-state index contributed by atoms with van der Waals surface area (Å²) in [6, 6.07) is 3.31. The lowest BCUT2D eigenvalue weighted by atomic mass is 10.2. The molecule has 0 bridgehead atoms. The number of hydrogen-bond acceptors (Lipinski definition) is 5. The molecule has 1 aromatic carbocycles. The highest BCUT2D eigenvalue weighted by molar-refractivity contribution is 7.90. The molecular weight excluding hydrogens is 347 g/mol. The van der Waals surface area contributed by atoms with Gasteiger partial charge in [-0.25, -0.2) is 25.9 Å². The van der Waals surface area contributed by atoms with Gasteiger partial charge >= 0.3 is 0 Å². The molecular formula is C13H19FN2O5S2. The average Bonchev–Trinajstić information content (AvgIpc) is 2.47. The summed E-state index contributed by atoms with van der Waals surface area (Å²) in [6.45, 7) is 2.43. The third-order valence-corrected chi connectivity index (χ3v) is 6.94. The van der Waals surface area contributed by atoms with Crippen LogP contribution in [0.25, 0.3) is 0 Å². The van der Waals surface area contributed by atoms with E-state index in [9.17, 15) is 21.2 Å². The van der Waals surface area contributed by atoms with Gasteiger partial charge in [-0.1, -0.05) is 0 Å². The first kappa shape index (κ1) is 18.3. The van der Waals surface area contributed by atoms with E-state index in [-0.39, 0.29) is 35.8 Å². The van der Waals surface area contributed by atoms with E-state index in [0.717, 1.165) is 18.2 Å². The summed E-state index contributed by atoms with van der Waals surface area (Å²) >= 11 is 0. The number of nitrogens with zero attached hydrogens (tertiary/aromatic N) is 1. The fourth-order valence-electron chi connectivity index (χ4n) is 2.25. The van der Waals surface area contributed by atoms with Crippen LogP contribution >= 0.6 is 0 Å². The number of aryl methyl sites for hydroxylation is 1. The van der Waals surface area contributed by atoms with Crippen LogP contribution in [0.15, 0.2) is 23.1 Å². The van der Waals surface area contributed by atoms with Crippen molar-refractivity contribution < 1.29 is 26.0 Å². The molecule has 1 aliphatic heterocycles. The van der Waals surface area contributed by atoms with E-state index < -0.39 is 25.9 Å². The molecule has 130 valence electrons. The van der Waals surface area contributed by atoms with Crippen molar-refractivity contribution in [3.05, 3.63) is 29.6 Å². The van der Waals surface area contributed by atoms with Gasteiger partial charge in [-0.2, -0.15) is 4.31 Å². The number of ether oxygens (including phenoxy) is 1. The molecule has 0 amide bonds. The number of sulfonamides is 2. The number of morpholine rings is 1. The Hall–Kier alpha value is -1.07. The normalized spacial score (nSPS) is 17.3. The highest BCUT2D eigenvalue weighted by atomic mass is 32.2. The van der Waals surface area contributed by atoms with E-state index >= 15 is 0 Å². The van der Waals surface area contributed by atoms with Gasteiger partial charge in [-0.05, 0) is 30.7 Å². The zero-order chi connectivity index (χ0) is 17.1. The van der Waals surface area contributed by atoms with Gasteiger partial charge in [0.05, 0.1) is 23.9 Å². The number of benzene rings is 1. The molecule has 7 nitrogen and oxygen atoms in total. The molecule has 1 aliphatic rings. The first-order chi connectivity index (χ1) is 10.7. The number of nitrogens with one attached hydrogen (secondary N) is 1. The molecule has 1 fully saturated rings. The molecule has 0 spiro atoms. The van der Waals surface area contributed by atoms with E-state index in [1.807, 2.05) is 0 Å². The summed E-state index contributed by atoms with van der Waals surface area (Å²) in [5.41, 5.74) is 0.258. The topological polar surface area (TPSA) is 92.8 Å². The lowest BCUT2D eigenvalue weighted by Crippen LogP contribution is -2.43. The zero-order valence-corrected chi connectivity index (χ0v) is 14.3. The minimum absolute atomic E-state index is 0.0670. The van der Waals surface area contributed by atoms with Gasteiger partial charge in [0.25, 0.3) is 0 Å². The molecule has 1 N–H and O–H groups in total. The Morgan fingerprint density at radius 1 is 1.22 bits per heavy atom. The molecule has 10 heteroatoms. The second-order valence-electron chi connectivity index (χ2n) is 5.14. The first-order valence-corrected chi connectivity index (χ1v) is 10.1. The smallest absolute Gasteiger partial charge is 0.240 e. The minimum Gasteiger partial charge on any atom is -0.379 e. The Kier molecular flexibility index (Phi) is 5.74. The number of hydrogen-bond donors (Lipinski definition) is 1. The molecule has 0 unspecified atom stereocenters. The molecule has 0 aromatic heterocycles. The lowest BCUT2D eigenvalue weighted by molar-refractivity contribution is 0.0730.